The highest BCUT2D eigenvalue weighted by Gasteiger charge is 2.04. The van der Waals surface area contributed by atoms with E-state index in [0.717, 1.165) is 21.5 Å². The van der Waals surface area contributed by atoms with Crippen molar-refractivity contribution in [1.29, 1.82) is 0 Å². The number of aryl methyl sites for hydroxylation is 2. The Balaban J connectivity index is 2.13. The Morgan fingerprint density at radius 3 is 2.72 bits per heavy atom. The summed E-state index contributed by atoms with van der Waals surface area (Å²) in [6.45, 7) is 4.33. The number of hydrogen-bond donors (Lipinski definition) is 1. The minimum Gasteiger partial charge on any atom is -0.379 e. The van der Waals surface area contributed by atoms with Crippen molar-refractivity contribution in [3.05, 3.63) is 57.6 Å². The summed E-state index contributed by atoms with van der Waals surface area (Å²) in [4.78, 5) is 4.29. The molecule has 0 fully saturated rings. The van der Waals surface area contributed by atoms with Crippen LogP contribution in [0.2, 0.25) is 0 Å². The van der Waals surface area contributed by atoms with E-state index in [1.807, 2.05) is 32.0 Å². The minimum atomic E-state index is -0.184. The van der Waals surface area contributed by atoms with E-state index >= 15 is 0 Å². The van der Waals surface area contributed by atoms with E-state index in [9.17, 15) is 4.39 Å². The normalized spacial score (nSPS) is 10.4. The monoisotopic (exact) mass is 308 g/mol. The summed E-state index contributed by atoms with van der Waals surface area (Å²) in [5.41, 5.74) is 3.52. The van der Waals surface area contributed by atoms with Crippen molar-refractivity contribution in [3.8, 4) is 0 Å². The van der Waals surface area contributed by atoms with Gasteiger partial charge in [0.05, 0.1) is 11.4 Å². The number of benzene rings is 1. The summed E-state index contributed by atoms with van der Waals surface area (Å²) in [6.07, 6.45) is 0. The lowest BCUT2D eigenvalue weighted by Crippen LogP contribution is -2.04. The first-order chi connectivity index (χ1) is 8.56. The fourth-order valence-corrected chi connectivity index (χ4v) is 2.14. The Hall–Kier alpha value is -1.42. The van der Waals surface area contributed by atoms with Crippen LogP contribution in [-0.4, -0.2) is 4.98 Å². The van der Waals surface area contributed by atoms with Gasteiger partial charge in [0.25, 0.3) is 0 Å². The van der Waals surface area contributed by atoms with Crippen LogP contribution in [0.15, 0.2) is 34.9 Å². The van der Waals surface area contributed by atoms with Gasteiger partial charge < -0.3 is 5.32 Å². The molecule has 0 unspecified atom stereocenters. The van der Waals surface area contributed by atoms with Gasteiger partial charge in [-0.25, -0.2) is 9.37 Å². The van der Waals surface area contributed by atoms with Crippen LogP contribution in [0.4, 0.5) is 10.1 Å². The lowest BCUT2D eigenvalue weighted by Gasteiger charge is -2.10. The number of hydrogen-bond acceptors (Lipinski definition) is 2. The molecule has 94 valence electrons. The minimum absolute atomic E-state index is 0.184. The van der Waals surface area contributed by atoms with Crippen molar-refractivity contribution in [2.75, 3.05) is 5.32 Å². The van der Waals surface area contributed by atoms with Crippen molar-refractivity contribution < 1.29 is 4.39 Å². The van der Waals surface area contributed by atoms with Crippen molar-refractivity contribution in [2.45, 2.75) is 20.4 Å². The third kappa shape index (κ3) is 3.07. The predicted molar refractivity (Wildman–Crippen MR) is 75.1 cm³/mol. The number of rotatable bonds is 3. The maximum atomic E-state index is 13.6. The molecule has 0 amide bonds. The summed E-state index contributed by atoms with van der Waals surface area (Å²) >= 11 is 3.31. The average molecular weight is 309 g/mol. The largest absolute Gasteiger partial charge is 0.379 e. The SMILES string of the molecule is Cc1ccc(F)c(CNc2ccc(Br)nc2C)c1. The van der Waals surface area contributed by atoms with E-state index in [2.05, 4.69) is 26.2 Å². The summed E-state index contributed by atoms with van der Waals surface area (Å²) in [5.74, 6) is -0.184. The second kappa shape index (κ2) is 5.48. The number of pyridine rings is 1. The van der Waals surface area contributed by atoms with Gasteiger partial charge in [0.15, 0.2) is 0 Å². The summed E-state index contributed by atoms with van der Waals surface area (Å²) in [5, 5.41) is 3.20. The first-order valence-electron chi connectivity index (χ1n) is 5.68. The third-order valence-corrected chi connectivity index (χ3v) is 3.16. The van der Waals surface area contributed by atoms with Gasteiger partial charge in [0, 0.05) is 12.1 Å². The van der Waals surface area contributed by atoms with Gasteiger partial charge in [-0.3, -0.25) is 0 Å². The zero-order valence-electron chi connectivity index (χ0n) is 10.3. The molecule has 0 saturated heterocycles. The molecule has 0 radical (unpaired) electrons. The summed E-state index contributed by atoms with van der Waals surface area (Å²) < 4.78 is 14.4. The third-order valence-electron chi connectivity index (χ3n) is 2.72. The molecule has 0 atom stereocenters. The van der Waals surface area contributed by atoms with Crippen LogP contribution >= 0.6 is 15.9 Å². The molecule has 2 nitrogen and oxygen atoms in total. The lowest BCUT2D eigenvalue weighted by molar-refractivity contribution is 0.612. The van der Waals surface area contributed by atoms with Crippen LogP contribution in [0.3, 0.4) is 0 Å². The molecule has 2 aromatic rings. The molecule has 0 aliphatic rings. The fourth-order valence-electron chi connectivity index (χ4n) is 1.75. The second-order valence-corrected chi connectivity index (χ2v) is 5.03. The van der Waals surface area contributed by atoms with Crippen molar-refractivity contribution >= 4 is 21.6 Å². The van der Waals surface area contributed by atoms with E-state index in [0.29, 0.717) is 12.1 Å². The van der Waals surface area contributed by atoms with E-state index < -0.39 is 0 Å². The first-order valence-corrected chi connectivity index (χ1v) is 6.47. The number of nitrogens with one attached hydrogen (secondary N) is 1. The van der Waals surface area contributed by atoms with Crippen LogP contribution < -0.4 is 5.32 Å². The van der Waals surface area contributed by atoms with Crippen LogP contribution in [0, 0.1) is 19.7 Å². The van der Waals surface area contributed by atoms with Gasteiger partial charge in [-0.1, -0.05) is 17.7 Å². The molecule has 0 aliphatic carbocycles. The highest BCUT2D eigenvalue weighted by Crippen LogP contribution is 2.18. The molecular formula is C14H14BrFN2. The van der Waals surface area contributed by atoms with E-state index in [-0.39, 0.29) is 5.82 Å². The lowest BCUT2D eigenvalue weighted by atomic mass is 10.1. The Morgan fingerprint density at radius 1 is 1.22 bits per heavy atom. The smallest absolute Gasteiger partial charge is 0.128 e. The maximum Gasteiger partial charge on any atom is 0.128 e. The molecule has 0 aliphatic heterocycles. The van der Waals surface area contributed by atoms with Crippen LogP contribution in [0.5, 0.6) is 0 Å². The van der Waals surface area contributed by atoms with Gasteiger partial charge in [0.2, 0.25) is 0 Å². The maximum absolute atomic E-state index is 13.6. The second-order valence-electron chi connectivity index (χ2n) is 4.22. The molecular weight excluding hydrogens is 295 g/mol. The molecule has 1 aromatic carbocycles. The summed E-state index contributed by atoms with van der Waals surface area (Å²) in [6, 6.07) is 8.91. The number of halogens is 2. The van der Waals surface area contributed by atoms with Crippen LogP contribution in [0.1, 0.15) is 16.8 Å². The van der Waals surface area contributed by atoms with Gasteiger partial charge in [-0.15, -0.1) is 0 Å². The van der Waals surface area contributed by atoms with E-state index in [4.69, 9.17) is 0 Å². The zero-order chi connectivity index (χ0) is 13.1. The van der Waals surface area contributed by atoms with Gasteiger partial charge in [-0.05, 0) is 48.0 Å². The topological polar surface area (TPSA) is 24.9 Å². The van der Waals surface area contributed by atoms with Crippen molar-refractivity contribution in [1.82, 2.24) is 4.98 Å². The van der Waals surface area contributed by atoms with Gasteiger partial charge >= 0.3 is 0 Å². The zero-order valence-corrected chi connectivity index (χ0v) is 11.9. The molecule has 0 saturated carbocycles. The number of nitrogens with zero attached hydrogens (tertiary/aromatic N) is 1. The molecule has 0 bridgehead atoms. The van der Waals surface area contributed by atoms with Crippen LogP contribution in [-0.2, 0) is 6.54 Å². The summed E-state index contributed by atoms with van der Waals surface area (Å²) in [7, 11) is 0. The highest BCUT2D eigenvalue weighted by molar-refractivity contribution is 9.10. The van der Waals surface area contributed by atoms with Crippen molar-refractivity contribution in [2.24, 2.45) is 0 Å². The quantitative estimate of drug-likeness (QED) is 0.859. The fraction of sp³-hybridized carbons (Fsp3) is 0.214. The number of aromatic nitrogens is 1. The van der Waals surface area contributed by atoms with E-state index in [1.54, 1.807) is 6.07 Å². The Labute approximate surface area is 114 Å². The highest BCUT2D eigenvalue weighted by atomic mass is 79.9. The molecule has 2 rings (SSSR count). The van der Waals surface area contributed by atoms with Crippen LogP contribution in [0.25, 0.3) is 0 Å². The molecule has 4 heteroatoms. The predicted octanol–water partition coefficient (Wildman–Crippen LogP) is 4.21. The first kappa shape index (κ1) is 13.0. The van der Waals surface area contributed by atoms with Crippen molar-refractivity contribution in [3.63, 3.8) is 0 Å². The Kier molecular flexibility index (Phi) is 3.97. The van der Waals surface area contributed by atoms with Gasteiger partial charge in [-0.2, -0.15) is 0 Å². The average Bonchev–Trinajstić information content (AvgIpc) is 2.32. The molecule has 1 N–H and O–H groups in total. The van der Waals surface area contributed by atoms with Gasteiger partial charge in [0.1, 0.15) is 10.4 Å². The Bertz CT molecular complexity index is 570. The molecule has 0 spiro atoms. The molecule has 18 heavy (non-hydrogen) atoms. The number of anilines is 1. The Morgan fingerprint density at radius 2 is 2.00 bits per heavy atom. The van der Waals surface area contributed by atoms with E-state index in [1.165, 1.54) is 6.07 Å². The molecule has 1 aromatic heterocycles. The standard InChI is InChI=1S/C14H14BrFN2/c1-9-3-4-12(16)11(7-9)8-17-13-5-6-14(15)18-10(13)2/h3-7,17H,8H2,1-2H3. The molecule has 1 heterocycles.